The van der Waals surface area contributed by atoms with Crippen LogP contribution in [0.15, 0.2) is 121 Å². The number of ether oxygens (including phenoxy) is 2. The van der Waals surface area contributed by atoms with E-state index in [2.05, 4.69) is 4.98 Å². The van der Waals surface area contributed by atoms with Gasteiger partial charge in [-0.25, -0.2) is 25.0 Å². The molecule has 10 nitrogen and oxygen atoms in total. The minimum Gasteiger partial charge on any atom is -0.469 e. The molecule has 0 fully saturated rings. The van der Waals surface area contributed by atoms with E-state index < -0.39 is 0 Å². The third kappa shape index (κ3) is 5.26. The minimum absolute atomic E-state index is 0.196. The third-order valence-corrected chi connectivity index (χ3v) is 7.31. The van der Waals surface area contributed by atoms with E-state index >= 15 is 0 Å². The molecule has 0 amide bonds. The second-order valence-corrected chi connectivity index (χ2v) is 9.93. The van der Waals surface area contributed by atoms with Crippen LogP contribution in [0.1, 0.15) is 31.5 Å². The Bertz CT molecular complexity index is 1760. The average Bonchev–Trinajstić information content (AvgIpc) is 3.83. The number of carbonyl (C=O) groups is 2. The van der Waals surface area contributed by atoms with Gasteiger partial charge in [0.05, 0.1) is 65.4 Å². The van der Waals surface area contributed by atoms with Gasteiger partial charge in [0.2, 0.25) is 0 Å². The molecule has 0 unspecified atom stereocenters. The van der Waals surface area contributed by atoms with Gasteiger partial charge in [-0.2, -0.15) is 0 Å². The number of carbonyl (C=O) groups excluding carboxylic acids is 2. The first-order valence-corrected chi connectivity index (χ1v) is 13.6. The van der Waals surface area contributed by atoms with E-state index in [0.29, 0.717) is 41.5 Å². The summed E-state index contributed by atoms with van der Waals surface area (Å²) in [5, 5.41) is 0. The van der Waals surface area contributed by atoms with Crippen molar-refractivity contribution in [3.05, 3.63) is 107 Å². The van der Waals surface area contributed by atoms with Gasteiger partial charge in [-0.15, -0.1) is 0 Å². The molecule has 8 bridgehead atoms. The lowest BCUT2D eigenvalue weighted by molar-refractivity contribution is -0.141. The number of rotatable bonds is 7. The van der Waals surface area contributed by atoms with E-state index in [1.54, 1.807) is 6.20 Å². The number of nitrogens with zero attached hydrogens (tertiary/aromatic N) is 6. The highest BCUT2D eigenvalue weighted by Crippen LogP contribution is 2.33. The molecule has 1 aromatic rings. The Morgan fingerprint density at radius 3 is 2.00 bits per heavy atom. The maximum atomic E-state index is 12.1. The van der Waals surface area contributed by atoms with Crippen molar-refractivity contribution in [2.45, 2.75) is 25.7 Å². The van der Waals surface area contributed by atoms with E-state index in [-0.39, 0.29) is 24.8 Å². The van der Waals surface area contributed by atoms with Gasteiger partial charge in [-0.05, 0) is 67.5 Å². The number of hydrogen-bond donors (Lipinski definition) is 0. The molecule has 0 atom stereocenters. The molecule has 0 saturated heterocycles. The predicted octanol–water partition coefficient (Wildman–Crippen LogP) is 4.49. The van der Waals surface area contributed by atoms with Crippen LogP contribution in [-0.4, -0.2) is 58.6 Å². The minimum atomic E-state index is -0.304. The molecule has 0 saturated carbocycles. The molecule has 10 heteroatoms. The topological polar surface area (TPSA) is 120 Å². The smallest absolute Gasteiger partial charge is 0.305 e. The highest BCUT2D eigenvalue weighted by molar-refractivity contribution is 6.32. The standard InChI is InChI=1S/C32H28N6O4/c1-38-17-16-33-32(38)31-27-12-10-25(36-27)21(6-14-29(39)41-2)23-8-4-19(34-23)18-20-5-9-24(35-20)22(7-15-30(40)42-3)26-11-13-28(31)37-26/h4-5,8-13,16-18H,6-7,14-15H2,1-3H3. The zero-order valence-corrected chi connectivity index (χ0v) is 23.5. The number of fused-ring (bicyclic) bond motifs is 4. The lowest BCUT2D eigenvalue weighted by Gasteiger charge is -2.10. The zero-order valence-electron chi connectivity index (χ0n) is 23.5. The first-order chi connectivity index (χ1) is 20.4. The van der Waals surface area contributed by atoms with Crippen molar-refractivity contribution >= 4 is 40.4 Å². The van der Waals surface area contributed by atoms with Crippen LogP contribution in [0, 0.1) is 0 Å². The number of allylic oxidation sites excluding steroid dienone is 12. The van der Waals surface area contributed by atoms with Crippen LogP contribution in [0.3, 0.4) is 0 Å². The number of esters is 2. The van der Waals surface area contributed by atoms with Gasteiger partial charge in [0, 0.05) is 43.4 Å². The van der Waals surface area contributed by atoms with E-state index in [4.69, 9.17) is 29.4 Å². The van der Waals surface area contributed by atoms with Crippen LogP contribution >= 0.6 is 0 Å². The average molecular weight is 561 g/mol. The fourth-order valence-electron chi connectivity index (χ4n) is 5.14. The third-order valence-electron chi connectivity index (χ3n) is 7.31. The number of aliphatic imine (C=N–C) groups is 4. The zero-order chi connectivity index (χ0) is 29.2. The van der Waals surface area contributed by atoms with Crippen molar-refractivity contribution < 1.29 is 19.1 Å². The molecule has 6 heterocycles. The monoisotopic (exact) mass is 560 g/mol. The van der Waals surface area contributed by atoms with E-state index in [9.17, 15) is 9.59 Å². The summed E-state index contributed by atoms with van der Waals surface area (Å²) in [5.41, 5.74) is 8.15. The Morgan fingerprint density at radius 1 is 0.714 bits per heavy atom. The summed E-state index contributed by atoms with van der Waals surface area (Å²) in [6, 6.07) is 0. The SMILES string of the molecule is COC(=O)CCC1=C2C=CC(=N2)C=C2C=CC(=N2)C(CCC(=O)OC)=C2C=CC(=N2)C(c2nccn2C)=C2C=CC1=N2. The van der Waals surface area contributed by atoms with Gasteiger partial charge in [0.25, 0.3) is 0 Å². The maximum absolute atomic E-state index is 12.1. The summed E-state index contributed by atoms with van der Waals surface area (Å²) in [7, 11) is 4.69. The molecule has 210 valence electrons. The number of methoxy groups -OCH3 is 2. The van der Waals surface area contributed by atoms with Gasteiger partial charge in [0.1, 0.15) is 5.82 Å². The molecule has 5 aliphatic rings. The van der Waals surface area contributed by atoms with Crippen molar-refractivity contribution in [2.24, 2.45) is 27.0 Å². The van der Waals surface area contributed by atoms with Crippen LogP contribution in [0.25, 0.3) is 5.57 Å². The maximum Gasteiger partial charge on any atom is 0.305 e. The summed E-state index contributed by atoms with van der Waals surface area (Å²) in [5.74, 6) is 0.0947. The fourth-order valence-corrected chi connectivity index (χ4v) is 5.14. The molecule has 0 N–H and O–H groups in total. The number of hydrogen-bond acceptors (Lipinski definition) is 9. The Balaban J connectivity index is 1.56. The quantitative estimate of drug-likeness (QED) is 0.455. The second kappa shape index (κ2) is 11.3. The molecule has 0 radical (unpaired) electrons. The fraction of sp³-hybridized carbons (Fsp3) is 0.219. The molecule has 42 heavy (non-hydrogen) atoms. The lowest BCUT2D eigenvalue weighted by Crippen LogP contribution is -2.08. The Hall–Kier alpha value is -5.25. The Labute approximate surface area is 242 Å². The van der Waals surface area contributed by atoms with Gasteiger partial charge in [0.15, 0.2) is 0 Å². The number of aryl methyl sites for hydroxylation is 1. The summed E-state index contributed by atoms with van der Waals surface area (Å²) >= 11 is 0. The van der Waals surface area contributed by atoms with E-state index in [1.807, 2.05) is 72.5 Å². The summed E-state index contributed by atoms with van der Waals surface area (Å²) in [6.07, 6.45) is 22.2. The van der Waals surface area contributed by atoms with Crippen molar-refractivity contribution in [1.82, 2.24) is 9.55 Å². The van der Waals surface area contributed by atoms with Gasteiger partial charge >= 0.3 is 11.9 Å². The van der Waals surface area contributed by atoms with Crippen LogP contribution in [0.5, 0.6) is 0 Å². The van der Waals surface area contributed by atoms with Crippen LogP contribution in [-0.2, 0) is 26.1 Å². The second-order valence-electron chi connectivity index (χ2n) is 9.93. The van der Waals surface area contributed by atoms with Crippen molar-refractivity contribution in [3.63, 3.8) is 0 Å². The molecular formula is C32H28N6O4. The van der Waals surface area contributed by atoms with Crippen LogP contribution < -0.4 is 0 Å². The predicted molar refractivity (Wildman–Crippen MR) is 161 cm³/mol. The van der Waals surface area contributed by atoms with E-state index in [0.717, 1.165) is 39.5 Å². The van der Waals surface area contributed by atoms with Gasteiger partial charge in [-0.1, -0.05) is 0 Å². The van der Waals surface area contributed by atoms with Gasteiger partial charge < -0.3 is 14.0 Å². The normalized spacial score (nSPS) is 18.5. The molecule has 5 aliphatic heterocycles. The summed E-state index contributed by atoms with van der Waals surface area (Å²) in [4.78, 5) is 48.5. The highest BCUT2D eigenvalue weighted by Gasteiger charge is 2.26. The van der Waals surface area contributed by atoms with E-state index in [1.165, 1.54) is 14.2 Å². The van der Waals surface area contributed by atoms with Crippen molar-refractivity contribution in [1.29, 1.82) is 0 Å². The first kappa shape index (κ1) is 26.9. The number of aromatic nitrogens is 2. The molecular weight excluding hydrogens is 532 g/mol. The number of imidazole rings is 1. The highest BCUT2D eigenvalue weighted by atomic mass is 16.5. The summed E-state index contributed by atoms with van der Waals surface area (Å²) < 4.78 is 11.7. The lowest BCUT2D eigenvalue weighted by atomic mass is 10.0. The largest absolute Gasteiger partial charge is 0.469 e. The van der Waals surface area contributed by atoms with Crippen LogP contribution in [0.2, 0.25) is 0 Å². The Morgan fingerprint density at radius 2 is 1.31 bits per heavy atom. The first-order valence-electron chi connectivity index (χ1n) is 13.6. The Kier molecular flexibility index (Phi) is 7.26. The van der Waals surface area contributed by atoms with Crippen molar-refractivity contribution in [2.75, 3.05) is 14.2 Å². The molecule has 0 aromatic carbocycles. The molecule has 0 aliphatic carbocycles. The molecule has 0 spiro atoms. The van der Waals surface area contributed by atoms with Crippen LogP contribution in [0.4, 0.5) is 0 Å². The van der Waals surface area contributed by atoms with Gasteiger partial charge in [-0.3, -0.25) is 9.59 Å². The summed E-state index contributed by atoms with van der Waals surface area (Å²) in [6.45, 7) is 0. The molecule has 1 aromatic heterocycles. The molecule has 6 rings (SSSR count). The van der Waals surface area contributed by atoms with Crippen molar-refractivity contribution in [3.8, 4) is 0 Å².